The Morgan fingerprint density at radius 3 is 2.38 bits per heavy atom. The molecule has 1 aliphatic carbocycles. The number of ether oxygens (including phenoxy) is 1. The molecule has 174 valence electrons. The molecule has 1 saturated heterocycles. The van der Waals surface area contributed by atoms with Crippen molar-refractivity contribution >= 4 is 23.7 Å². The first-order chi connectivity index (χ1) is 16.5. The Bertz CT molecular complexity index is 1200. The molecule has 1 aromatic heterocycles. The van der Waals surface area contributed by atoms with Gasteiger partial charge in [0.2, 0.25) is 5.76 Å². The number of nitrogens with zero attached hydrogens (tertiary/aromatic N) is 1. The van der Waals surface area contributed by atoms with Gasteiger partial charge >= 0.3 is 12.1 Å². The lowest BCUT2D eigenvalue weighted by Crippen LogP contribution is -2.42. The number of carboxylic acids is 1. The van der Waals surface area contributed by atoms with Crippen LogP contribution in [0.25, 0.3) is 11.1 Å². The van der Waals surface area contributed by atoms with Crippen LogP contribution in [0, 0.1) is 5.92 Å². The Morgan fingerprint density at radius 1 is 1.03 bits per heavy atom. The van der Waals surface area contributed by atoms with Crippen LogP contribution >= 0.6 is 0 Å². The Hall–Kier alpha value is -4.07. The van der Waals surface area contributed by atoms with Crippen LogP contribution in [0.4, 0.5) is 10.5 Å². The van der Waals surface area contributed by atoms with Gasteiger partial charge in [-0.2, -0.15) is 0 Å². The highest BCUT2D eigenvalue weighted by Crippen LogP contribution is 2.44. The van der Waals surface area contributed by atoms with Gasteiger partial charge in [0, 0.05) is 25.1 Å². The average Bonchev–Trinajstić information content (AvgIpc) is 3.44. The number of carboxylic acid groups (broad SMARTS) is 1. The van der Waals surface area contributed by atoms with Gasteiger partial charge in [-0.1, -0.05) is 48.5 Å². The van der Waals surface area contributed by atoms with E-state index in [1.54, 1.807) is 0 Å². The summed E-state index contributed by atoms with van der Waals surface area (Å²) in [6, 6.07) is 17.6. The summed E-state index contributed by atoms with van der Waals surface area (Å²) in [5, 5.41) is 11.9. The topological polar surface area (TPSA) is 109 Å². The highest BCUT2D eigenvalue weighted by molar-refractivity contribution is 6.00. The minimum absolute atomic E-state index is 0.0421. The zero-order valence-electron chi connectivity index (χ0n) is 18.4. The number of fused-ring (bicyclic) bond motifs is 3. The predicted octanol–water partition coefficient (Wildman–Crippen LogP) is 4.58. The number of nitrogens with one attached hydrogen (secondary N) is 1. The van der Waals surface area contributed by atoms with Crippen LogP contribution in [0.2, 0.25) is 0 Å². The van der Waals surface area contributed by atoms with E-state index in [0.717, 1.165) is 22.3 Å². The van der Waals surface area contributed by atoms with Crippen molar-refractivity contribution in [3.63, 3.8) is 0 Å². The predicted molar refractivity (Wildman–Crippen MR) is 124 cm³/mol. The fourth-order valence-electron chi connectivity index (χ4n) is 4.82. The third-order valence-corrected chi connectivity index (χ3v) is 6.50. The summed E-state index contributed by atoms with van der Waals surface area (Å²) in [7, 11) is 0. The highest BCUT2D eigenvalue weighted by atomic mass is 16.5. The van der Waals surface area contributed by atoms with E-state index in [0.29, 0.717) is 19.4 Å². The van der Waals surface area contributed by atoms with E-state index in [1.807, 2.05) is 36.4 Å². The molecule has 2 amide bonds. The number of rotatable bonds is 5. The van der Waals surface area contributed by atoms with Crippen LogP contribution in [0.1, 0.15) is 40.4 Å². The van der Waals surface area contributed by atoms with E-state index in [9.17, 15) is 19.5 Å². The van der Waals surface area contributed by atoms with Crippen molar-refractivity contribution in [3.05, 3.63) is 77.7 Å². The largest absolute Gasteiger partial charge is 0.481 e. The molecule has 0 spiro atoms. The number of carbonyl (C=O) groups excluding carboxylic acids is 2. The molecule has 2 aromatic carbocycles. The first kappa shape index (κ1) is 21.8. The monoisotopic (exact) mass is 460 g/mol. The van der Waals surface area contributed by atoms with Crippen LogP contribution in [0.3, 0.4) is 0 Å². The standard InChI is InChI=1S/C26H24N2O6/c29-24(28-12-5-6-16(14-28)25(30)31)23-22(11-13-33-23)27-26(32)34-15-21-19-9-3-1-7-17(19)18-8-2-4-10-20(18)21/h1-4,7-11,13,16,21H,5-6,12,14-15H2,(H,27,32)(H,30,31). The Labute approximate surface area is 196 Å². The molecule has 3 aromatic rings. The molecule has 8 nitrogen and oxygen atoms in total. The maximum Gasteiger partial charge on any atom is 0.411 e. The number of hydrogen-bond acceptors (Lipinski definition) is 5. The quantitative estimate of drug-likeness (QED) is 0.577. The number of hydrogen-bond donors (Lipinski definition) is 2. The molecule has 2 heterocycles. The van der Waals surface area contributed by atoms with Crippen LogP contribution < -0.4 is 5.32 Å². The van der Waals surface area contributed by atoms with Gasteiger partial charge in [0.15, 0.2) is 0 Å². The molecular formula is C26H24N2O6. The second-order valence-electron chi connectivity index (χ2n) is 8.54. The summed E-state index contributed by atoms with van der Waals surface area (Å²) in [4.78, 5) is 38.3. The van der Waals surface area contributed by atoms with Crippen LogP contribution in [0.15, 0.2) is 65.3 Å². The van der Waals surface area contributed by atoms with Gasteiger partial charge in [-0.05, 0) is 35.1 Å². The van der Waals surface area contributed by atoms with E-state index in [2.05, 4.69) is 17.4 Å². The summed E-state index contributed by atoms with van der Waals surface area (Å²) < 4.78 is 10.9. The third kappa shape index (κ3) is 4.03. The maximum atomic E-state index is 12.9. The van der Waals surface area contributed by atoms with Crippen molar-refractivity contribution in [1.29, 1.82) is 0 Å². The molecule has 34 heavy (non-hydrogen) atoms. The lowest BCUT2D eigenvalue weighted by atomic mass is 9.98. The summed E-state index contributed by atoms with van der Waals surface area (Å²) >= 11 is 0. The Balaban J connectivity index is 1.25. The summed E-state index contributed by atoms with van der Waals surface area (Å²) in [5.74, 6) is -2.10. The van der Waals surface area contributed by atoms with Gasteiger partial charge in [-0.15, -0.1) is 0 Å². The Kier molecular flexibility index (Phi) is 5.79. The minimum atomic E-state index is -0.922. The SMILES string of the molecule is O=C(Nc1ccoc1C(=O)N1CCCC(C(=O)O)C1)OCC1c2ccccc2-c2ccccc21. The summed E-state index contributed by atoms with van der Waals surface area (Å²) in [5.41, 5.74) is 4.68. The number of amides is 2. The highest BCUT2D eigenvalue weighted by Gasteiger charge is 2.32. The zero-order chi connectivity index (χ0) is 23.7. The minimum Gasteiger partial charge on any atom is -0.481 e. The van der Waals surface area contributed by atoms with Crippen molar-refractivity contribution in [2.24, 2.45) is 5.92 Å². The smallest absolute Gasteiger partial charge is 0.411 e. The second kappa shape index (κ2) is 9.05. The first-order valence-corrected chi connectivity index (χ1v) is 11.2. The fourth-order valence-corrected chi connectivity index (χ4v) is 4.82. The lowest BCUT2D eigenvalue weighted by Gasteiger charge is -2.30. The lowest BCUT2D eigenvalue weighted by molar-refractivity contribution is -0.143. The van der Waals surface area contributed by atoms with Crippen LogP contribution in [-0.4, -0.2) is 47.7 Å². The maximum absolute atomic E-state index is 12.9. The number of likely N-dealkylation sites (tertiary alicyclic amines) is 1. The average molecular weight is 460 g/mol. The molecular weight excluding hydrogens is 436 g/mol. The molecule has 2 N–H and O–H groups in total. The van der Waals surface area contributed by atoms with Crippen molar-refractivity contribution in [1.82, 2.24) is 4.90 Å². The number of benzene rings is 2. The first-order valence-electron chi connectivity index (χ1n) is 11.2. The van der Waals surface area contributed by atoms with Gasteiger partial charge in [-0.3, -0.25) is 14.9 Å². The van der Waals surface area contributed by atoms with Gasteiger partial charge in [0.1, 0.15) is 6.61 Å². The van der Waals surface area contributed by atoms with Crippen LogP contribution in [0.5, 0.6) is 0 Å². The molecule has 5 rings (SSSR count). The molecule has 1 unspecified atom stereocenters. The zero-order valence-corrected chi connectivity index (χ0v) is 18.4. The molecule has 0 saturated carbocycles. The van der Waals surface area contributed by atoms with E-state index < -0.39 is 23.9 Å². The summed E-state index contributed by atoms with van der Waals surface area (Å²) in [6.07, 6.45) is 1.74. The van der Waals surface area contributed by atoms with Gasteiger partial charge < -0.3 is 19.2 Å². The number of piperidine rings is 1. The molecule has 1 aliphatic heterocycles. The van der Waals surface area contributed by atoms with E-state index >= 15 is 0 Å². The second-order valence-corrected chi connectivity index (χ2v) is 8.54. The normalized spacial score (nSPS) is 17.1. The Morgan fingerprint density at radius 2 is 1.71 bits per heavy atom. The molecule has 1 fully saturated rings. The number of furan rings is 1. The fraction of sp³-hybridized carbons (Fsp3) is 0.269. The molecule has 2 aliphatic rings. The molecule has 0 radical (unpaired) electrons. The number of carbonyl (C=O) groups is 3. The van der Waals surface area contributed by atoms with Crippen molar-refractivity contribution < 1.29 is 28.6 Å². The molecule has 1 atom stereocenters. The van der Waals surface area contributed by atoms with Crippen molar-refractivity contribution in [2.45, 2.75) is 18.8 Å². The number of aliphatic carboxylic acids is 1. The van der Waals surface area contributed by atoms with Gasteiger partial charge in [-0.25, -0.2) is 4.79 Å². The molecule has 0 bridgehead atoms. The number of anilines is 1. The van der Waals surface area contributed by atoms with E-state index in [1.165, 1.54) is 17.2 Å². The third-order valence-electron chi connectivity index (χ3n) is 6.50. The van der Waals surface area contributed by atoms with Crippen molar-refractivity contribution in [3.8, 4) is 11.1 Å². The van der Waals surface area contributed by atoms with Gasteiger partial charge in [0.25, 0.3) is 5.91 Å². The summed E-state index contributed by atoms with van der Waals surface area (Å²) in [6.45, 7) is 0.695. The molecule has 8 heteroatoms. The van der Waals surface area contributed by atoms with Crippen molar-refractivity contribution in [2.75, 3.05) is 25.0 Å². The van der Waals surface area contributed by atoms with Crippen LogP contribution in [-0.2, 0) is 9.53 Å². The van der Waals surface area contributed by atoms with E-state index in [4.69, 9.17) is 9.15 Å². The van der Waals surface area contributed by atoms with E-state index in [-0.39, 0.29) is 30.5 Å². The van der Waals surface area contributed by atoms with Gasteiger partial charge in [0.05, 0.1) is 17.9 Å².